The Kier molecular flexibility index (Phi) is 5.16. The van der Waals surface area contributed by atoms with Gasteiger partial charge in [0.2, 0.25) is 5.88 Å². The van der Waals surface area contributed by atoms with E-state index in [1.165, 1.54) is 36.4 Å². The van der Waals surface area contributed by atoms with Crippen molar-refractivity contribution in [3.63, 3.8) is 0 Å². The molecule has 1 amide bonds. The van der Waals surface area contributed by atoms with E-state index in [4.69, 9.17) is 0 Å². The summed E-state index contributed by atoms with van der Waals surface area (Å²) < 4.78 is 0. The highest BCUT2D eigenvalue weighted by molar-refractivity contribution is 5.92. The maximum Gasteiger partial charge on any atom is 0.274 e. The second-order valence-corrected chi connectivity index (χ2v) is 8.43. The number of likely N-dealkylation sites (tertiary alicyclic amines) is 1. The maximum absolute atomic E-state index is 12.7. The van der Waals surface area contributed by atoms with Gasteiger partial charge in [-0.05, 0) is 59.1 Å². The van der Waals surface area contributed by atoms with Crippen molar-refractivity contribution in [2.45, 2.75) is 37.7 Å². The Morgan fingerprint density at radius 3 is 2.65 bits per heavy atom. The Labute approximate surface area is 181 Å². The fraction of sp³-hybridized carbons (Fsp3) is 0.320. The van der Waals surface area contributed by atoms with Crippen LogP contribution < -0.4 is 0 Å². The van der Waals surface area contributed by atoms with Gasteiger partial charge in [0.15, 0.2) is 5.69 Å². The topological polar surface area (TPSA) is 86.5 Å². The highest BCUT2D eigenvalue weighted by atomic mass is 16.3. The van der Waals surface area contributed by atoms with Gasteiger partial charge in [-0.25, -0.2) is 4.98 Å². The molecule has 6 nitrogen and oxygen atoms in total. The largest absolute Gasteiger partial charge is 0.492 e. The van der Waals surface area contributed by atoms with Crippen molar-refractivity contribution in [1.82, 2.24) is 14.9 Å². The first-order valence-corrected chi connectivity index (χ1v) is 10.8. The van der Waals surface area contributed by atoms with Crippen LogP contribution in [0.2, 0.25) is 0 Å². The zero-order chi connectivity index (χ0) is 21.4. The average molecular weight is 415 g/mol. The van der Waals surface area contributed by atoms with E-state index < -0.39 is 0 Å². The van der Waals surface area contributed by atoms with Gasteiger partial charge in [-0.3, -0.25) is 9.78 Å². The van der Waals surface area contributed by atoms with Gasteiger partial charge >= 0.3 is 0 Å². The number of aromatic nitrogens is 2. The van der Waals surface area contributed by atoms with Crippen molar-refractivity contribution in [2.75, 3.05) is 13.1 Å². The molecule has 1 atom stereocenters. The summed E-state index contributed by atoms with van der Waals surface area (Å²) in [7, 11) is 0. The number of amides is 1. The van der Waals surface area contributed by atoms with Crippen LogP contribution in [0.25, 0.3) is 11.1 Å². The lowest BCUT2D eigenvalue weighted by Crippen LogP contribution is -2.29. The average Bonchev–Trinajstić information content (AvgIpc) is 3.54. The summed E-state index contributed by atoms with van der Waals surface area (Å²) in [4.78, 5) is 22.2. The Balaban J connectivity index is 1.38. The van der Waals surface area contributed by atoms with Crippen molar-refractivity contribution < 1.29 is 15.0 Å². The molecule has 2 fully saturated rings. The standard InChI is InChI=1S/C25H25N3O3/c29-15-19-11-17(22-4-2-1-3-21(22)16-5-6-16)7-8-20(19)18-9-10-28(14-18)25(31)23-12-26-13-24(30)27-23/h1-4,7-8,11-13,16,18,29H,5-6,9-10,14-15H2,(H,27,30). The van der Waals surface area contributed by atoms with Crippen LogP contribution in [0.1, 0.15) is 58.3 Å². The molecule has 1 unspecified atom stereocenters. The Hall–Kier alpha value is -3.25. The van der Waals surface area contributed by atoms with Crippen LogP contribution in [0.5, 0.6) is 5.88 Å². The molecule has 2 aromatic carbocycles. The van der Waals surface area contributed by atoms with Gasteiger partial charge in [0.05, 0.1) is 19.0 Å². The Bertz CT molecular complexity index is 1130. The van der Waals surface area contributed by atoms with Crippen LogP contribution in [-0.2, 0) is 6.61 Å². The van der Waals surface area contributed by atoms with E-state index >= 15 is 0 Å². The molecule has 1 aliphatic heterocycles. The van der Waals surface area contributed by atoms with E-state index in [1.807, 2.05) is 0 Å². The van der Waals surface area contributed by atoms with Crippen LogP contribution in [0.3, 0.4) is 0 Å². The van der Waals surface area contributed by atoms with Crippen LogP contribution in [-0.4, -0.2) is 44.1 Å². The molecular weight excluding hydrogens is 390 g/mol. The van der Waals surface area contributed by atoms with Crippen LogP contribution in [0.4, 0.5) is 0 Å². The number of benzene rings is 2. The van der Waals surface area contributed by atoms with Crippen molar-refractivity contribution in [3.8, 4) is 17.0 Å². The van der Waals surface area contributed by atoms with Gasteiger partial charge in [-0.15, -0.1) is 0 Å². The third kappa shape index (κ3) is 3.91. The van der Waals surface area contributed by atoms with Gasteiger partial charge in [-0.2, -0.15) is 0 Å². The molecule has 0 spiro atoms. The molecule has 2 N–H and O–H groups in total. The van der Waals surface area contributed by atoms with E-state index in [1.54, 1.807) is 4.90 Å². The van der Waals surface area contributed by atoms with E-state index in [0.717, 1.165) is 23.1 Å². The minimum atomic E-state index is -0.258. The van der Waals surface area contributed by atoms with Crippen molar-refractivity contribution in [1.29, 1.82) is 0 Å². The summed E-state index contributed by atoms with van der Waals surface area (Å²) in [6.45, 7) is 1.14. The van der Waals surface area contributed by atoms with E-state index in [-0.39, 0.29) is 30.0 Å². The Morgan fingerprint density at radius 2 is 1.87 bits per heavy atom. The molecule has 0 radical (unpaired) electrons. The van der Waals surface area contributed by atoms with Crippen molar-refractivity contribution in [2.24, 2.45) is 0 Å². The highest BCUT2D eigenvalue weighted by Gasteiger charge is 2.31. The predicted molar refractivity (Wildman–Crippen MR) is 117 cm³/mol. The number of rotatable bonds is 5. The fourth-order valence-corrected chi connectivity index (χ4v) is 4.64. The molecule has 6 heteroatoms. The molecule has 2 heterocycles. The molecule has 2 aliphatic rings. The van der Waals surface area contributed by atoms with Crippen LogP contribution in [0, 0.1) is 0 Å². The van der Waals surface area contributed by atoms with Gasteiger partial charge < -0.3 is 15.1 Å². The summed E-state index contributed by atoms with van der Waals surface area (Å²) in [5.74, 6) is 0.324. The zero-order valence-corrected chi connectivity index (χ0v) is 17.2. The second kappa shape index (κ2) is 8.12. The molecular formula is C25H25N3O3. The molecule has 1 saturated heterocycles. The van der Waals surface area contributed by atoms with Crippen LogP contribution >= 0.6 is 0 Å². The highest BCUT2D eigenvalue weighted by Crippen LogP contribution is 2.44. The first-order valence-electron chi connectivity index (χ1n) is 10.8. The third-order valence-corrected chi connectivity index (χ3v) is 6.36. The summed E-state index contributed by atoms with van der Waals surface area (Å²) in [6.07, 6.45) is 5.90. The molecule has 3 aromatic rings. The quantitative estimate of drug-likeness (QED) is 0.661. The van der Waals surface area contributed by atoms with Crippen molar-refractivity contribution >= 4 is 5.91 Å². The molecule has 158 valence electrons. The van der Waals surface area contributed by atoms with Gasteiger partial charge in [-0.1, -0.05) is 36.4 Å². The maximum atomic E-state index is 12.7. The molecule has 1 aromatic heterocycles. The summed E-state index contributed by atoms with van der Waals surface area (Å²) in [6, 6.07) is 14.9. The second-order valence-electron chi connectivity index (χ2n) is 8.43. The van der Waals surface area contributed by atoms with Gasteiger partial charge in [0, 0.05) is 19.0 Å². The predicted octanol–water partition coefficient (Wildman–Crippen LogP) is 3.85. The minimum absolute atomic E-state index is 0.0305. The Morgan fingerprint density at radius 1 is 1.03 bits per heavy atom. The summed E-state index contributed by atoms with van der Waals surface area (Å²) in [5, 5.41) is 19.6. The molecule has 5 rings (SSSR count). The summed E-state index contributed by atoms with van der Waals surface area (Å²) in [5.41, 5.74) is 5.93. The number of nitrogens with zero attached hydrogens (tertiary/aromatic N) is 3. The monoisotopic (exact) mass is 415 g/mol. The first-order chi connectivity index (χ1) is 15.1. The lowest BCUT2D eigenvalue weighted by Gasteiger charge is -2.19. The molecule has 1 aliphatic carbocycles. The lowest BCUT2D eigenvalue weighted by molar-refractivity contribution is 0.0783. The fourth-order valence-electron chi connectivity index (χ4n) is 4.64. The number of aliphatic hydroxyl groups excluding tert-OH is 1. The normalized spacial score (nSPS) is 18.4. The van der Waals surface area contributed by atoms with Gasteiger partial charge in [0.1, 0.15) is 0 Å². The minimum Gasteiger partial charge on any atom is -0.492 e. The molecule has 31 heavy (non-hydrogen) atoms. The van der Waals surface area contributed by atoms with Gasteiger partial charge in [0.25, 0.3) is 5.91 Å². The third-order valence-electron chi connectivity index (χ3n) is 6.36. The molecule has 0 bridgehead atoms. The number of aliphatic hydroxyl groups is 1. The SMILES string of the molecule is O=C(c1cncc(O)n1)N1CCC(c2ccc(-c3ccccc3C3CC3)cc2CO)C1. The van der Waals surface area contributed by atoms with E-state index in [0.29, 0.717) is 19.0 Å². The van der Waals surface area contributed by atoms with E-state index in [2.05, 4.69) is 52.4 Å². The van der Waals surface area contributed by atoms with Crippen LogP contribution in [0.15, 0.2) is 54.9 Å². The van der Waals surface area contributed by atoms with E-state index in [9.17, 15) is 15.0 Å². The number of carbonyl (C=O) groups is 1. The number of carbonyl (C=O) groups excluding carboxylic acids is 1. The summed E-state index contributed by atoms with van der Waals surface area (Å²) >= 11 is 0. The first kappa shape index (κ1) is 19.7. The number of hydrogen-bond acceptors (Lipinski definition) is 5. The van der Waals surface area contributed by atoms with Crippen molar-refractivity contribution in [3.05, 3.63) is 77.2 Å². The zero-order valence-electron chi connectivity index (χ0n) is 17.2. The lowest BCUT2D eigenvalue weighted by atomic mass is 9.89. The molecule has 1 saturated carbocycles. The number of aromatic hydroxyl groups is 1. The smallest absolute Gasteiger partial charge is 0.274 e. The number of hydrogen-bond donors (Lipinski definition) is 2.